The van der Waals surface area contributed by atoms with Crippen LogP contribution in [-0.2, 0) is 13.0 Å². The van der Waals surface area contributed by atoms with E-state index in [1.54, 1.807) is 0 Å². The summed E-state index contributed by atoms with van der Waals surface area (Å²) in [5.74, 6) is 0. The predicted octanol–water partition coefficient (Wildman–Crippen LogP) is 2.07. The van der Waals surface area contributed by atoms with Gasteiger partial charge in [-0.05, 0) is 34.9 Å². The van der Waals surface area contributed by atoms with E-state index in [0.29, 0.717) is 11.4 Å². The van der Waals surface area contributed by atoms with Gasteiger partial charge in [0.25, 0.3) is 0 Å². The minimum Gasteiger partial charge on any atom is -0.386 e. The maximum Gasteiger partial charge on any atom is 0.138 e. The van der Waals surface area contributed by atoms with Crippen LogP contribution in [0.1, 0.15) is 18.4 Å². The number of tetrazole rings is 1. The lowest BCUT2D eigenvalue weighted by Crippen LogP contribution is -2.47. The highest BCUT2D eigenvalue weighted by Gasteiger charge is 2.58. The highest BCUT2D eigenvalue weighted by atomic mass is 35.5. The van der Waals surface area contributed by atoms with Gasteiger partial charge in [0.2, 0.25) is 0 Å². The van der Waals surface area contributed by atoms with E-state index < -0.39 is 10.5 Å². The van der Waals surface area contributed by atoms with Gasteiger partial charge in [-0.15, -0.1) is 16.7 Å². The van der Waals surface area contributed by atoms with Crippen LogP contribution in [0.2, 0.25) is 5.02 Å². The van der Waals surface area contributed by atoms with Crippen molar-refractivity contribution in [3.63, 3.8) is 0 Å². The molecule has 1 saturated carbocycles. The number of aliphatic hydroxyl groups is 1. The van der Waals surface area contributed by atoms with E-state index in [0.717, 1.165) is 18.4 Å². The van der Waals surface area contributed by atoms with Crippen LogP contribution in [0.25, 0.3) is 0 Å². The average molecular weight is 313 g/mol. The van der Waals surface area contributed by atoms with Crippen LogP contribution in [0.5, 0.6) is 0 Å². The molecule has 5 nitrogen and oxygen atoms in total. The first-order valence-corrected chi connectivity index (χ1v) is 7.14. The fraction of sp³-hybridized carbons (Fsp3) is 0.462. The van der Waals surface area contributed by atoms with Gasteiger partial charge in [-0.1, -0.05) is 29.8 Å². The molecule has 1 aliphatic carbocycles. The second-order valence-electron chi connectivity index (χ2n) is 5.27. The van der Waals surface area contributed by atoms with Crippen molar-refractivity contribution in [2.45, 2.75) is 36.3 Å². The Morgan fingerprint density at radius 3 is 2.70 bits per heavy atom. The van der Waals surface area contributed by atoms with Crippen molar-refractivity contribution in [2.24, 2.45) is 0 Å². The van der Waals surface area contributed by atoms with Gasteiger partial charge in [0.15, 0.2) is 0 Å². The van der Waals surface area contributed by atoms with Crippen molar-refractivity contribution in [3.05, 3.63) is 41.2 Å². The van der Waals surface area contributed by atoms with Crippen LogP contribution < -0.4 is 0 Å². The smallest absolute Gasteiger partial charge is 0.138 e. The summed E-state index contributed by atoms with van der Waals surface area (Å²) in [5.41, 5.74) is -0.258. The Balaban J connectivity index is 1.89. The lowest BCUT2D eigenvalue weighted by Gasteiger charge is -2.33. The second kappa shape index (κ2) is 4.98. The zero-order chi connectivity index (χ0) is 14.2. The second-order valence-corrected chi connectivity index (χ2v) is 6.40. The van der Waals surface area contributed by atoms with Gasteiger partial charge in [0, 0.05) is 11.4 Å². The third kappa shape index (κ3) is 2.53. The summed E-state index contributed by atoms with van der Waals surface area (Å²) in [6.45, 7) is 0.245. The van der Waals surface area contributed by atoms with Crippen LogP contribution in [0.4, 0.5) is 0 Å². The Morgan fingerprint density at radius 2 is 2.10 bits per heavy atom. The van der Waals surface area contributed by atoms with E-state index in [1.807, 2.05) is 24.3 Å². The number of benzene rings is 1. The van der Waals surface area contributed by atoms with Crippen molar-refractivity contribution in [2.75, 3.05) is 0 Å². The Labute approximate surface area is 126 Å². The Hall–Kier alpha value is -1.17. The van der Waals surface area contributed by atoms with Crippen LogP contribution >= 0.6 is 23.2 Å². The molecular formula is C13H14Cl2N4O. The third-order valence-electron chi connectivity index (χ3n) is 3.78. The molecule has 1 fully saturated rings. The number of nitrogens with zero attached hydrogens (tertiary/aromatic N) is 4. The quantitative estimate of drug-likeness (QED) is 0.858. The Bertz CT molecular complexity index is 600. The number of aromatic nitrogens is 4. The fourth-order valence-corrected chi connectivity index (χ4v) is 2.83. The van der Waals surface area contributed by atoms with Gasteiger partial charge in [-0.25, -0.2) is 4.68 Å². The van der Waals surface area contributed by atoms with Crippen molar-refractivity contribution < 1.29 is 5.11 Å². The lowest BCUT2D eigenvalue weighted by atomic mass is 9.89. The summed E-state index contributed by atoms with van der Waals surface area (Å²) >= 11 is 12.7. The molecule has 0 radical (unpaired) electrons. The first kappa shape index (κ1) is 13.8. The number of alkyl halides is 1. The van der Waals surface area contributed by atoms with E-state index in [4.69, 9.17) is 23.2 Å². The average Bonchev–Trinajstić information content (AvgIpc) is 2.98. The molecule has 0 saturated heterocycles. The molecule has 1 aromatic carbocycles. The van der Waals surface area contributed by atoms with Crippen LogP contribution in [0, 0.1) is 0 Å². The molecule has 0 aliphatic heterocycles. The zero-order valence-electron chi connectivity index (χ0n) is 10.7. The molecule has 1 N–H and O–H groups in total. The van der Waals surface area contributed by atoms with E-state index in [9.17, 15) is 5.11 Å². The first-order chi connectivity index (χ1) is 9.52. The minimum absolute atomic E-state index is 0.245. The van der Waals surface area contributed by atoms with E-state index in [1.165, 1.54) is 11.0 Å². The standard InChI is InChI=1S/C13H14Cl2N4O/c14-11-4-2-1-3-10(11)7-13(20,12(15)5-6-12)8-19-9-16-17-18-19/h1-4,9,20H,5-8H2/t13-/m1/s1. The largest absolute Gasteiger partial charge is 0.386 e. The fourth-order valence-electron chi connectivity index (χ4n) is 2.41. The first-order valence-electron chi connectivity index (χ1n) is 6.38. The predicted molar refractivity (Wildman–Crippen MR) is 75.7 cm³/mol. The minimum atomic E-state index is -1.13. The summed E-state index contributed by atoms with van der Waals surface area (Å²) in [6.07, 6.45) is 3.39. The van der Waals surface area contributed by atoms with Crippen LogP contribution in [0.15, 0.2) is 30.6 Å². The normalized spacial score (nSPS) is 19.6. The van der Waals surface area contributed by atoms with Gasteiger partial charge < -0.3 is 5.11 Å². The SMILES string of the molecule is O[C@](Cc1ccccc1Cl)(Cn1cnnn1)C1(Cl)CC1. The molecular weight excluding hydrogens is 299 g/mol. The molecule has 20 heavy (non-hydrogen) atoms. The van der Waals surface area contributed by atoms with Gasteiger partial charge in [-0.3, -0.25) is 0 Å². The topological polar surface area (TPSA) is 63.8 Å². The summed E-state index contributed by atoms with van der Waals surface area (Å²) in [7, 11) is 0. The molecule has 1 aliphatic rings. The van der Waals surface area contributed by atoms with Crippen molar-refractivity contribution >= 4 is 23.2 Å². The molecule has 1 aromatic heterocycles. The molecule has 2 aromatic rings. The molecule has 1 heterocycles. The van der Waals surface area contributed by atoms with Gasteiger partial charge in [0.05, 0.1) is 11.4 Å². The summed E-state index contributed by atoms with van der Waals surface area (Å²) < 4.78 is 1.50. The highest BCUT2D eigenvalue weighted by Crippen LogP contribution is 2.53. The molecule has 7 heteroatoms. The molecule has 1 atom stereocenters. The Kier molecular flexibility index (Phi) is 3.44. The molecule has 0 spiro atoms. The number of hydrogen-bond donors (Lipinski definition) is 1. The van der Waals surface area contributed by atoms with Crippen molar-refractivity contribution in [3.8, 4) is 0 Å². The Morgan fingerprint density at radius 1 is 1.35 bits per heavy atom. The highest BCUT2D eigenvalue weighted by molar-refractivity contribution is 6.31. The monoisotopic (exact) mass is 312 g/mol. The number of halogens is 2. The molecule has 0 unspecified atom stereocenters. The summed E-state index contributed by atoms with van der Waals surface area (Å²) in [6, 6.07) is 7.46. The van der Waals surface area contributed by atoms with Crippen LogP contribution in [0.3, 0.4) is 0 Å². The van der Waals surface area contributed by atoms with Gasteiger partial charge in [0.1, 0.15) is 11.9 Å². The van der Waals surface area contributed by atoms with Crippen molar-refractivity contribution in [1.29, 1.82) is 0 Å². The third-order valence-corrected chi connectivity index (χ3v) is 4.88. The maximum absolute atomic E-state index is 11.1. The molecule has 106 valence electrons. The van der Waals surface area contributed by atoms with Crippen molar-refractivity contribution in [1.82, 2.24) is 20.2 Å². The molecule has 3 rings (SSSR count). The van der Waals surface area contributed by atoms with Gasteiger partial charge >= 0.3 is 0 Å². The number of rotatable bonds is 5. The maximum atomic E-state index is 11.1. The lowest BCUT2D eigenvalue weighted by molar-refractivity contribution is 0.00725. The van der Waals surface area contributed by atoms with E-state index in [2.05, 4.69) is 15.5 Å². The van der Waals surface area contributed by atoms with Crippen LogP contribution in [-0.4, -0.2) is 35.8 Å². The van der Waals surface area contributed by atoms with Gasteiger partial charge in [-0.2, -0.15) is 0 Å². The van der Waals surface area contributed by atoms with E-state index >= 15 is 0 Å². The zero-order valence-corrected chi connectivity index (χ0v) is 12.2. The summed E-state index contributed by atoms with van der Waals surface area (Å²) in [4.78, 5) is -0.627. The number of hydrogen-bond acceptors (Lipinski definition) is 4. The molecule has 0 bridgehead atoms. The van der Waals surface area contributed by atoms with E-state index in [-0.39, 0.29) is 6.54 Å². The summed E-state index contributed by atoms with van der Waals surface area (Å²) in [5, 5.41) is 22.7. The molecule has 0 amide bonds.